The number of carbonyl (C=O) groups is 3. The molecule has 0 aliphatic carbocycles. The summed E-state index contributed by atoms with van der Waals surface area (Å²) in [5.74, 6) is -1.29. The second-order valence-electron chi connectivity index (χ2n) is 5.55. The summed E-state index contributed by atoms with van der Waals surface area (Å²) in [5.41, 5.74) is -0.173. The first kappa shape index (κ1) is 18.2. The Morgan fingerprint density at radius 1 is 1.52 bits per heavy atom. The van der Waals surface area contributed by atoms with Crippen LogP contribution in [-0.4, -0.2) is 113 Å². The number of hydrogen-bond acceptors (Lipinski definition) is 8. The third kappa shape index (κ3) is 2.63. The van der Waals surface area contributed by atoms with E-state index in [4.69, 9.17) is 4.74 Å². The van der Waals surface area contributed by atoms with Crippen LogP contribution in [0.3, 0.4) is 0 Å². The normalized spacial score (nSPS) is 26.6. The van der Waals surface area contributed by atoms with Crippen molar-refractivity contribution in [2.45, 2.75) is 23.3 Å². The van der Waals surface area contributed by atoms with Gasteiger partial charge in [0.15, 0.2) is 5.70 Å². The number of thioether (sulfide) groups is 1. The first-order valence-corrected chi connectivity index (χ1v) is 8.04. The molecule has 3 aliphatic heterocycles. The maximum atomic E-state index is 12.3. The molecule has 0 bridgehead atoms. The Labute approximate surface area is 167 Å². The van der Waals surface area contributed by atoms with Crippen molar-refractivity contribution >= 4 is 59.6 Å². The van der Waals surface area contributed by atoms with Crippen molar-refractivity contribution in [3.8, 4) is 0 Å². The van der Waals surface area contributed by atoms with Gasteiger partial charge in [-0.1, -0.05) is 11.8 Å². The van der Waals surface area contributed by atoms with Gasteiger partial charge in [-0.2, -0.15) is 0 Å². The van der Waals surface area contributed by atoms with Gasteiger partial charge in [0.2, 0.25) is 11.6 Å². The predicted octanol–water partition coefficient (Wildman–Crippen LogP) is -2.60. The summed E-state index contributed by atoms with van der Waals surface area (Å²) in [6.45, 7) is 0.258. The van der Waals surface area contributed by atoms with Crippen LogP contribution < -0.4 is 0 Å². The Morgan fingerprint density at radius 2 is 2.28 bits per heavy atom. The number of β-lactam (4-membered cyclic amide) rings is 1. The van der Waals surface area contributed by atoms with Crippen LogP contribution in [-0.2, 0) is 26.2 Å². The molecule has 1 aromatic heterocycles. The third-order valence-corrected chi connectivity index (χ3v) is 5.30. The van der Waals surface area contributed by atoms with Gasteiger partial charge in [-0.25, -0.2) is 9.48 Å². The average molecular weight is 376 g/mol. The van der Waals surface area contributed by atoms with E-state index in [-0.39, 0.29) is 53.3 Å². The summed E-state index contributed by atoms with van der Waals surface area (Å²) in [6.07, 6.45) is 0.177. The standard InChI is InChI=1S/C12H12N6O5S.Na.H/c1-16-12(13-14-15-16)24-3-6-8(11(21)22)18-7-5(23-6)2-17(4-19)9(7)10(18)20;;/h4-5,7,9H,2-3H2,1H3,(H,21,22);;/t5-,7-,9+;;/m1../s1. The SMILES string of the molecule is Cn1nnnc1SCC1=C(C(=O)O)N2C(=O)[C@@H]3[C@H]2[C@@H](CN3C=O)O1.[NaH]. The van der Waals surface area contributed by atoms with Crippen LogP contribution >= 0.6 is 11.8 Å². The summed E-state index contributed by atoms with van der Waals surface area (Å²) in [5, 5.41) is 21.0. The van der Waals surface area contributed by atoms with Crippen molar-refractivity contribution in [2.75, 3.05) is 12.3 Å². The van der Waals surface area contributed by atoms with Crippen LogP contribution in [0, 0.1) is 0 Å². The van der Waals surface area contributed by atoms with Crippen molar-refractivity contribution in [2.24, 2.45) is 7.05 Å². The molecular weight excluding hydrogens is 363 g/mol. The Hall–Kier alpha value is -1.63. The fraction of sp³-hybridized carbons (Fsp3) is 0.500. The molecule has 11 nitrogen and oxygen atoms in total. The van der Waals surface area contributed by atoms with Crippen molar-refractivity contribution in [1.82, 2.24) is 30.0 Å². The molecule has 0 saturated carbocycles. The maximum absolute atomic E-state index is 12.3. The van der Waals surface area contributed by atoms with E-state index in [0.29, 0.717) is 11.6 Å². The Balaban J connectivity index is 0.00000182. The Bertz CT molecular complexity index is 784. The topological polar surface area (TPSA) is 131 Å². The van der Waals surface area contributed by atoms with Crippen molar-refractivity contribution in [1.29, 1.82) is 0 Å². The second-order valence-corrected chi connectivity index (χ2v) is 6.50. The molecule has 128 valence electrons. The zero-order chi connectivity index (χ0) is 17.0. The molecule has 2 fully saturated rings. The quantitative estimate of drug-likeness (QED) is 0.254. The van der Waals surface area contributed by atoms with Gasteiger partial charge in [0.05, 0.1) is 12.3 Å². The molecular formula is C12H13N6NaO5S. The van der Waals surface area contributed by atoms with Gasteiger partial charge >= 0.3 is 35.5 Å². The number of tetrazole rings is 1. The molecule has 13 heteroatoms. The number of likely N-dealkylation sites (tertiary alicyclic amines) is 1. The molecule has 0 radical (unpaired) electrons. The number of rotatable bonds is 5. The van der Waals surface area contributed by atoms with E-state index in [1.165, 1.54) is 26.2 Å². The van der Waals surface area contributed by atoms with Crippen LogP contribution in [0.15, 0.2) is 16.6 Å². The molecule has 25 heavy (non-hydrogen) atoms. The zero-order valence-corrected chi connectivity index (χ0v) is 13.2. The van der Waals surface area contributed by atoms with E-state index in [1.807, 2.05) is 0 Å². The number of carboxylic acid groups (broad SMARTS) is 1. The van der Waals surface area contributed by atoms with Crippen molar-refractivity contribution in [3.05, 3.63) is 11.5 Å². The monoisotopic (exact) mass is 376 g/mol. The van der Waals surface area contributed by atoms with E-state index >= 15 is 0 Å². The number of carbonyl (C=O) groups excluding carboxylic acids is 2. The molecule has 1 N–H and O–H groups in total. The van der Waals surface area contributed by atoms with Gasteiger partial charge in [0.25, 0.3) is 5.91 Å². The van der Waals surface area contributed by atoms with Crippen molar-refractivity contribution in [3.63, 3.8) is 0 Å². The van der Waals surface area contributed by atoms with Gasteiger partial charge < -0.3 is 14.7 Å². The van der Waals surface area contributed by atoms with Crippen LogP contribution in [0.25, 0.3) is 0 Å². The molecule has 4 heterocycles. The van der Waals surface area contributed by atoms with Crippen LogP contribution in [0.5, 0.6) is 0 Å². The minimum atomic E-state index is -1.24. The molecule has 2 saturated heterocycles. The number of aryl methyl sites for hydroxylation is 1. The number of carboxylic acids is 1. The number of aromatic nitrogens is 4. The van der Waals surface area contributed by atoms with Crippen LogP contribution in [0.4, 0.5) is 0 Å². The van der Waals surface area contributed by atoms with Gasteiger partial charge in [0, 0.05) is 7.05 Å². The molecule has 1 aromatic rings. The fourth-order valence-electron chi connectivity index (χ4n) is 3.28. The summed E-state index contributed by atoms with van der Waals surface area (Å²) in [7, 11) is 1.66. The van der Waals surface area contributed by atoms with E-state index in [0.717, 1.165) is 0 Å². The number of aliphatic carboxylic acids is 1. The summed E-state index contributed by atoms with van der Waals surface area (Å²) in [6, 6.07) is -1.06. The molecule has 4 rings (SSSR count). The number of nitrogens with zero attached hydrogens (tertiary/aromatic N) is 6. The van der Waals surface area contributed by atoms with E-state index in [9.17, 15) is 19.5 Å². The van der Waals surface area contributed by atoms with Gasteiger partial charge in [0.1, 0.15) is 23.9 Å². The average Bonchev–Trinajstić information content (AvgIpc) is 3.12. The summed E-state index contributed by atoms with van der Waals surface area (Å²) in [4.78, 5) is 37.6. The van der Waals surface area contributed by atoms with E-state index in [1.54, 1.807) is 7.05 Å². The van der Waals surface area contributed by atoms with Crippen LogP contribution in [0.1, 0.15) is 0 Å². The molecule has 0 spiro atoms. The number of hydrogen-bond donors (Lipinski definition) is 1. The third-order valence-electron chi connectivity index (χ3n) is 4.29. The molecule has 3 atom stereocenters. The summed E-state index contributed by atoms with van der Waals surface area (Å²) >= 11 is 1.20. The zero-order valence-electron chi connectivity index (χ0n) is 12.4. The first-order chi connectivity index (χ1) is 11.5. The minimum absolute atomic E-state index is 0. The fourth-order valence-corrected chi connectivity index (χ4v) is 4.06. The first-order valence-electron chi connectivity index (χ1n) is 7.05. The molecule has 0 unspecified atom stereocenters. The number of amides is 2. The van der Waals surface area contributed by atoms with Crippen molar-refractivity contribution < 1.29 is 24.2 Å². The van der Waals surface area contributed by atoms with Gasteiger partial charge in [-0.05, 0) is 10.4 Å². The Kier molecular flexibility index (Phi) is 4.79. The van der Waals surface area contributed by atoms with E-state index in [2.05, 4.69) is 15.5 Å². The molecule has 2 amide bonds. The Morgan fingerprint density at radius 3 is 2.88 bits per heavy atom. The number of ether oxygens (including phenoxy) is 1. The summed E-state index contributed by atoms with van der Waals surface area (Å²) < 4.78 is 7.26. The van der Waals surface area contributed by atoms with E-state index < -0.39 is 30.1 Å². The predicted molar refractivity (Wildman–Crippen MR) is 83.4 cm³/mol. The van der Waals surface area contributed by atoms with Crippen LogP contribution in [0.2, 0.25) is 0 Å². The van der Waals surface area contributed by atoms with Gasteiger partial charge in [-0.15, -0.1) is 5.10 Å². The molecule has 0 aromatic carbocycles. The molecule has 3 aliphatic rings. The van der Waals surface area contributed by atoms with Gasteiger partial charge in [-0.3, -0.25) is 14.5 Å². The second kappa shape index (κ2) is 6.59.